The molecule has 2 aromatic carbocycles. The van der Waals surface area contributed by atoms with E-state index in [9.17, 15) is 9.18 Å². The van der Waals surface area contributed by atoms with Crippen LogP contribution in [0.1, 0.15) is 0 Å². The standard InChI is InChI=1S/C17H19FN2O3/c1-22-13-6-8-14(9-7-13)23-11-10-19-17(21)12-20-16-5-3-2-4-15(16)18/h2-9,20H,10-12H2,1H3,(H,19,21). The molecule has 0 heterocycles. The summed E-state index contributed by atoms with van der Waals surface area (Å²) in [4.78, 5) is 11.7. The third kappa shape index (κ3) is 5.50. The molecule has 2 N–H and O–H groups in total. The Morgan fingerprint density at radius 1 is 1.09 bits per heavy atom. The van der Waals surface area contributed by atoms with Crippen molar-refractivity contribution in [2.24, 2.45) is 0 Å². The Balaban J connectivity index is 1.63. The largest absolute Gasteiger partial charge is 0.497 e. The molecule has 0 unspecified atom stereocenters. The van der Waals surface area contributed by atoms with Gasteiger partial charge >= 0.3 is 0 Å². The summed E-state index contributed by atoms with van der Waals surface area (Å²) in [6.45, 7) is 0.713. The molecule has 0 fully saturated rings. The number of methoxy groups -OCH3 is 1. The Bertz CT molecular complexity index is 632. The molecule has 6 heteroatoms. The van der Waals surface area contributed by atoms with E-state index in [0.29, 0.717) is 24.6 Å². The summed E-state index contributed by atoms with van der Waals surface area (Å²) in [5.41, 5.74) is 0.303. The van der Waals surface area contributed by atoms with Crippen molar-refractivity contribution in [3.8, 4) is 11.5 Å². The van der Waals surface area contributed by atoms with Crippen molar-refractivity contribution in [3.63, 3.8) is 0 Å². The van der Waals surface area contributed by atoms with Crippen LogP contribution >= 0.6 is 0 Å². The molecule has 1 amide bonds. The number of anilines is 1. The molecule has 23 heavy (non-hydrogen) atoms. The first kappa shape index (κ1) is 16.6. The lowest BCUT2D eigenvalue weighted by Gasteiger charge is -2.10. The molecule has 0 aliphatic heterocycles. The lowest BCUT2D eigenvalue weighted by molar-refractivity contribution is -0.119. The average molecular weight is 318 g/mol. The molecule has 0 saturated heterocycles. The van der Waals surface area contributed by atoms with Crippen LogP contribution in [0.15, 0.2) is 48.5 Å². The SMILES string of the molecule is COc1ccc(OCCNC(=O)CNc2ccccc2F)cc1. The molecule has 0 aromatic heterocycles. The molecule has 5 nitrogen and oxygen atoms in total. The van der Waals surface area contributed by atoms with E-state index in [1.807, 2.05) is 0 Å². The van der Waals surface area contributed by atoms with Crippen LogP contribution in [-0.2, 0) is 4.79 Å². The van der Waals surface area contributed by atoms with Crippen molar-refractivity contribution in [1.29, 1.82) is 0 Å². The van der Waals surface area contributed by atoms with Crippen molar-refractivity contribution in [2.75, 3.05) is 32.1 Å². The van der Waals surface area contributed by atoms with Crippen molar-refractivity contribution in [3.05, 3.63) is 54.3 Å². The lowest BCUT2D eigenvalue weighted by atomic mass is 10.3. The average Bonchev–Trinajstić information content (AvgIpc) is 2.58. The summed E-state index contributed by atoms with van der Waals surface area (Å²) in [7, 11) is 1.60. The van der Waals surface area contributed by atoms with Gasteiger partial charge in [0.15, 0.2) is 0 Å². The fourth-order valence-corrected chi connectivity index (χ4v) is 1.87. The predicted molar refractivity (Wildman–Crippen MR) is 86.4 cm³/mol. The minimum atomic E-state index is -0.386. The highest BCUT2D eigenvalue weighted by molar-refractivity contribution is 5.80. The van der Waals surface area contributed by atoms with Crippen molar-refractivity contribution >= 4 is 11.6 Å². The van der Waals surface area contributed by atoms with Crippen LogP contribution in [0.5, 0.6) is 11.5 Å². The van der Waals surface area contributed by atoms with E-state index in [1.165, 1.54) is 6.07 Å². The highest BCUT2D eigenvalue weighted by Gasteiger charge is 2.04. The molecule has 2 aromatic rings. The quantitative estimate of drug-likeness (QED) is 0.734. The first-order valence-electron chi connectivity index (χ1n) is 7.21. The van der Waals surface area contributed by atoms with E-state index in [-0.39, 0.29) is 18.3 Å². The first-order valence-corrected chi connectivity index (χ1v) is 7.21. The van der Waals surface area contributed by atoms with Gasteiger partial charge in [0.2, 0.25) is 5.91 Å². The number of benzene rings is 2. The van der Waals surface area contributed by atoms with E-state index in [4.69, 9.17) is 9.47 Å². The van der Waals surface area contributed by atoms with Crippen molar-refractivity contribution < 1.29 is 18.7 Å². The Hall–Kier alpha value is -2.76. The Labute approximate surface area is 134 Å². The van der Waals surface area contributed by atoms with Gasteiger partial charge in [-0.3, -0.25) is 4.79 Å². The number of amides is 1. The first-order chi connectivity index (χ1) is 11.2. The summed E-state index contributed by atoms with van der Waals surface area (Å²) >= 11 is 0. The number of halogens is 1. The summed E-state index contributed by atoms with van der Waals surface area (Å²) < 4.78 is 23.9. The maximum absolute atomic E-state index is 13.4. The van der Waals surface area contributed by atoms with Gasteiger partial charge in [-0.05, 0) is 36.4 Å². The van der Waals surface area contributed by atoms with Crippen LogP contribution in [-0.4, -0.2) is 32.7 Å². The highest BCUT2D eigenvalue weighted by atomic mass is 19.1. The number of carbonyl (C=O) groups excluding carboxylic acids is 1. The van der Waals surface area contributed by atoms with Crippen LogP contribution < -0.4 is 20.1 Å². The molecule has 0 saturated carbocycles. The summed E-state index contributed by atoms with van der Waals surface area (Å²) in [5, 5.41) is 5.43. The van der Waals surface area contributed by atoms with Crippen LogP contribution in [0, 0.1) is 5.82 Å². The number of hydrogen-bond donors (Lipinski definition) is 2. The summed E-state index contributed by atoms with van der Waals surface area (Å²) in [5.74, 6) is 0.837. The minimum Gasteiger partial charge on any atom is -0.497 e. The monoisotopic (exact) mass is 318 g/mol. The van der Waals surface area contributed by atoms with Gasteiger partial charge in [0.25, 0.3) is 0 Å². The van der Waals surface area contributed by atoms with Gasteiger partial charge < -0.3 is 20.1 Å². The van der Waals surface area contributed by atoms with Crippen molar-refractivity contribution in [1.82, 2.24) is 5.32 Å². The van der Waals surface area contributed by atoms with Gasteiger partial charge in [0.1, 0.15) is 23.9 Å². The van der Waals surface area contributed by atoms with Gasteiger partial charge in [0.05, 0.1) is 25.9 Å². The number of ether oxygens (including phenoxy) is 2. The highest BCUT2D eigenvalue weighted by Crippen LogP contribution is 2.16. The van der Waals surface area contributed by atoms with E-state index in [0.717, 1.165) is 5.75 Å². The van der Waals surface area contributed by atoms with Gasteiger partial charge in [-0.2, -0.15) is 0 Å². The lowest BCUT2D eigenvalue weighted by Crippen LogP contribution is -2.33. The molecule has 0 aliphatic rings. The number of carbonyl (C=O) groups is 1. The normalized spacial score (nSPS) is 10.0. The predicted octanol–water partition coefficient (Wildman–Crippen LogP) is 2.44. The van der Waals surface area contributed by atoms with E-state index in [1.54, 1.807) is 49.6 Å². The van der Waals surface area contributed by atoms with Crippen LogP contribution in [0.3, 0.4) is 0 Å². The molecule has 2 rings (SSSR count). The number of hydrogen-bond acceptors (Lipinski definition) is 4. The fourth-order valence-electron chi connectivity index (χ4n) is 1.87. The molecule has 0 aliphatic carbocycles. The minimum absolute atomic E-state index is 0.00344. The smallest absolute Gasteiger partial charge is 0.239 e. The zero-order valence-corrected chi connectivity index (χ0v) is 12.8. The summed E-state index contributed by atoms with van der Waals surface area (Å²) in [6, 6.07) is 13.4. The molecular weight excluding hydrogens is 299 g/mol. The molecular formula is C17H19FN2O3. The van der Waals surface area contributed by atoms with Gasteiger partial charge in [-0.15, -0.1) is 0 Å². The number of para-hydroxylation sites is 1. The zero-order chi connectivity index (χ0) is 16.5. The maximum atomic E-state index is 13.4. The van der Waals surface area contributed by atoms with Gasteiger partial charge in [0, 0.05) is 0 Å². The van der Waals surface area contributed by atoms with Gasteiger partial charge in [-0.25, -0.2) is 4.39 Å². The molecule has 0 spiro atoms. The molecule has 0 bridgehead atoms. The fraction of sp³-hybridized carbons (Fsp3) is 0.235. The number of nitrogens with one attached hydrogen (secondary N) is 2. The zero-order valence-electron chi connectivity index (χ0n) is 12.8. The topological polar surface area (TPSA) is 59.6 Å². The second-order valence-electron chi connectivity index (χ2n) is 4.71. The third-order valence-electron chi connectivity index (χ3n) is 3.07. The maximum Gasteiger partial charge on any atom is 0.239 e. The Morgan fingerprint density at radius 3 is 2.48 bits per heavy atom. The van der Waals surface area contributed by atoms with Crippen LogP contribution in [0.4, 0.5) is 10.1 Å². The second kappa shape index (κ2) is 8.63. The Morgan fingerprint density at radius 2 is 1.78 bits per heavy atom. The van der Waals surface area contributed by atoms with Gasteiger partial charge in [-0.1, -0.05) is 12.1 Å². The van der Waals surface area contributed by atoms with E-state index < -0.39 is 0 Å². The molecule has 122 valence electrons. The molecule has 0 radical (unpaired) electrons. The number of rotatable bonds is 8. The van der Waals surface area contributed by atoms with Crippen molar-refractivity contribution in [2.45, 2.75) is 0 Å². The van der Waals surface area contributed by atoms with E-state index in [2.05, 4.69) is 10.6 Å². The van der Waals surface area contributed by atoms with Crippen LogP contribution in [0.2, 0.25) is 0 Å². The summed E-state index contributed by atoms with van der Waals surface area (Å²) in [6.07, 6.45) is 0. The Kier molecular flexibility index (Phi) is 6.23. The van der Waals surface area contributed by atoms with E-state index >= 15 is 0 Å². The second-order valence-corrected chi connectivity index (χ2v) is 4.71. The third-order valence-corrected chi connectivity index (χ3v) is 3.07. The van der Waals surface area contributed by atoms with Crippen LogP contribution in [0.25, 0.3) is 0 Å². The molecule has 0 atom stereocenters.